The van der Waals surface area contributed by atoms with E-state index in [0.29, 0.717) is 12.0 Å². The first kappa shape index (κ1) is 10.9. The Bertz CT molecular complexity index is 357. The summed E-state index contributed by atoms with van der Waals surface area (Å²) in [5, 5.41) is 6.51. The van der Waals surface area contributed by atoms with Crippen LogP contribution in [0.3, 0.4) is 0 Å². The molecule has 2 saturated heterocycles. The molecule has 0 aliphatic carbocycles. The van der Waals surface area contributed by atoms with Crippen LogP contribution in [0, 0.1) is 0 Å². The van der Waals surface area contributed by atoms with Crippen molar-refractivity contribution in [1.82, 2.24) is 15.3 Å². The van der Waals surface area contributed by atoms with Crippen molar-refractivity contribution < 1.29 is 4.74 Å². The number of aromatic nitrogens is 2. The molecule has 0 unspecified atom stereocenters. The van der Waals surface area contributed by atoms with Gasteiger partial charge in [0.25, 0.3) is 0 Å². The maximum atomic E-state index is 5.36. The van der Waals surface area contributed by atoms with E-state index in [1.54, 1.807) is 0 Å². The van der Waals surface area contributed by atoms with Crippen LogP contribution in [0.15, 0.2) is 12.4 Å². The van der Waals surface area contributed by atoms with Crippen LogP contribution in [0.25, 0.3) is 0 Å². The minimum atomic E-state index is 0.490. The van der Waals surface area contributed by atoms with Gasteiger partial charge in [0.15, 0.2) is 0 Å². The molecule has 0 spiro atoms. The summed E-state index contributed by atoms with van der Waals surface area (Å²) in [6, 6.07) is 0.490. The van der Waals surface area contributed by atoms with E-state index < -0.39 is 0 Å². The molecule has 3 rings (SSSR count). The van der Waals surface area contributed by atoms with Gasteiger partial charge in [-0.3, -0.25) is 0 Å². The molecule has 0 atom stereocenters. The molecule has 3 heterocycles. The normalized spacial score (nSPS) is 22.1. The standard InChI is InChI=1S/C12H18N4O/c1-3-17-4-2-9(1)10-5-14-12(15-6-10)16-11-7-13-8-11/h5-6,9,11,13H,1-4,7-8H2,(H,14,15,16). The van der Waals surface area contributed by atoms with Crippen molar-refractivity contribution in [3.63, 3.8) is 0 Å². The molecular formula is C12H18N4O. The molecule has 5 heteroatoms. The first-order valence-corrected chi connectivity index (χ1v) is 6.29. The van der Waals surface area contributed by atoms with Crippen molar-refractivity contribution in [2.75, 3.05) is 31.6 Å². The summed E-state index contributed by atoms with van der Waals surface area (Å²) in [6.07, 6.45) is 6.08. The predicted molar refractivity (Wildman–Crippen MR) is 65.1 cm³/mol. The van der Waals surface area contributed by atoms with E-state index in [9.17, 15) is 0 Å². The highest BCUT2D eigenvalue weighted by Crippen LogP contribution is 2.25. The number of nitrogens with zero attached hydrogens (tertiary/aromatic N) is 2. The Kier molecular flexibility index (Phi) is 3.20. The largest absolute Gasteiger partial charge is 0.381 e. The SMILES string of the molecule is c1nc(NC2CNC2)ncc1C1CCOCC1. The third-order valence-electron chi connectivity index (χ3n) is 3.48. The maximum Gasteiger partial charge on any atom is 0.222 e. The molecule has 5 nitrogen and oxygen atoms in total. The highest BCUT2D eigenvalue weighted by Gasteiger charge is 2.19. The van der Waals surface area contributed by atoms with Crippen LogP contribution in [0.5, 0.6) is 0 Å². The average Bonchev–Trinajstić information content (AvgIpc) is 2.36. The first-order valence-electron chi connectivity index (χ1n) is 6.29. The Morgan fingerprint density at radius 1 is 1.18 bits per heavy atom. The van der Waals surface area contributed by atoms with Crippen LogP contribution in [-0.4, -0.2) is 42.3 Å². The van der Waals surface area contributed by atoms with Crippen molar-refractivity contribution in [2.24, 2.45) is 0 Å². The fraction of sp³-hybridized carbons (Fsp3) is 0.667. The Labute approximate surface area is 101 Å². The van der Waals surface area contributed by atoms with Gasteiger partial charge in [0.2, 0.25) is 5.95 Å². The summed E-state index contributed by atoms with van der Waals surface area (Å²) in [6.45, 7) is 3.73. The molecule has 1 aromatic rings. The minimum absolute atomic E-state index is 0.490. The molecule has 0 radical (unpaired) electrons. The molecule has 17 heavy (non-hydrogen) atoms. The van der Waals surface area contributed by atoms with Gasteiger partial charge in [-0.05, 0) is 24.3 Å². The Balaban J connectivity index is 1.62. The lowest BCUT2D eigenvalue weighted by Crippen LogP contribution is -2.51. The van der Waals surface area contributed by atoms with Gasteiger partial charge in [0.05, 0.1) is 6.04 Å². The number of rotatable bonds is 3. The fourth-order valence-electron chi connectivity index (χ4n) is 2.23. The van der Waals surface area contributed by atoms with E-state index in [2.05, 4.69) is 20.6 Å². The van der Waals surface area contributed by atoms with Crippen molar-refractivity contribution in [3.05, 3.63) is 18.0 Å². The third kappa shape index (κ3) is 2.56. The molecule has 2 aliphatic heterocycles. The molecule has 92 valence electrons. The molecule has 2 aliphatic rings. The molecule has 2 N–H and O–H groups in total. The Morgan fingerprint density at radius 2 is 1.88 bits per heavy atom. The minimum Gasteiger partial charge on any atom is -0.381 e. The number of anilines is 1. The number of nitrogens with one attached hydrogen (secondary N) is 2. The van der Waals surface area contributed by atoms with Gasteiger partial charge in [-0.2, -0.15) is 0 Å². The molecule has 0 amide bonds. The van der Waals surface area contributed by atoms with Gasteiger partial charge in [-0.1, -0.05) is 0 Å². The van der Waals surface area contributed by atoms with Crippen LogP contribution in [-0.2, 0) is 4.74 Å². The van der Waals surface area contributed by atoms with E-state index >= 15 is 0 Å². The summed E-state index contributed by atoms with van der Waals surface area (Å²) in [7, 11) is 0. The van der Waals surface area contributed by atoms with Crippen LogP contribution in [0.1, 0.15) is 24.3 Å². The molecule has 2 fully saturated rings. The second-order valence-corrected chi connectivity index (χ2v) is 4.73. The Hall–Kier alpha value is -1.20. The van der Waals surface area contributed by atoms with Crippen LogP contribution < -0.4 is 10.6 Å². The quantitative estimate of drug-likeness (QED) is 0.808. The van der Waals surface area contributed by atoms with Gasteiger partial charge in [-0.15, -0.1) is 0 Å². The molecule has 0 bridgehead atoms. The smallest absolute Gasteiger partial charge is 0.222 e. The lowest BCUT2D eigenvalue weighted by Gasteiger charge is -2.28. The van der Waals surface area contributed by atoms with Crippen molar-refractivity contribution in [3.8, 4) is 0 Å². The zero-order valence-electron chi connectivity index (χ0n) is 9.85. The van der Waals surface area contributed by atoms with Crippen LogP contribution >= 0.6 is 0 Å². The monoisotopic (exact) mass is 234 g/mol. The van der Waals surface area contributed by atoms with E-state index in [4.69, 9.17) is 4.74 Å². The van der Waals surface area contributed by atoms with Crippen molar-refractivity contribution >= 4 is 5.95 Å². The summed E-state index contributed by atoms with van der Waals surface area (Å²) >= 11 is 0. The van der Waals surface area contributed by atoms with Crippen molar-refractivity contribution in [1.29, 1.82) is 0 Å². The van der Waals surface area contributed by atoms with Gasteiger partial charge < -0.3 is 15.4 Å². The predicted octanol–water partition coefficient (Wildman–Crippen LogP) is 0.754. The zero-order chi connectivity index (χ0) is 11.5. The second-order valence-electron chi connectivity index (χ2n) is 4.73. The summed E-state index contributed by atoms with van der Waals surface area (Å²) in [5.74, 6) is 1.32. The average molecular weight is 234 g/mol. The maximum absolute atomic E-state index is 5.36. The Morgan fingerprint density at radius 3 is 2.47 bits per heavy atom. The van der Waals surface area contributed by atoms with E-state index in [-0.39, 0.29) is 0 Å². The zero-order valence-corrected chi connectivity index (χ0v) is 9.85. The third-order valence-corrected chi connectivity index (χ3v) is 3.48. The molecule has 0 saturated carbocycles. The van der Waals surface area contributed by atoms with Gasteiger partial charge in [0.1, 0.15) is 0 Å². The number of hydrogen-bond donors (Lipinski definition) is 2. The topological polar surface area (TPSA) is 59.1 Å². The highest BCUT2D eigenvalue weighted by atomic mass is 16.5. The van der Waals surface area contributed by atoms with Crippen LogP contribution in [0.2, 0.25) is 0 Å². The molecular weight excluding hydrogens is 216 g/mol. The van der Waals surface area contributed by atoms with E-state index in [1.165, 1.54) is 5.56 Å². The van der Waals surface area contributed by atoms with E-state index in [0.717, 1.165) is 45.1 Å². The lowest BCUT2D eigenvalue weighted by molar-refractivity contribution is 0.0852. The summed E-state index contributed by atoms with van der Waals surface area (Å²) < 4.78 is 5.36. The van der Waals surface area contributed by atoms with Gasteiger partial charge in [0, 0.05) is 38.7 Å². The summed E-state index contributed by atoms with van der Waals surface area (Å²) in [4.78, 5) is 8.77. The van der Waals surface area contributed by atoms with Crippen molar-refractivity contribution in [2.45, 2.75) is 24.8 Å². The fourth-order valence-corrected chi connectivity index (χ4v) is 2.23. The van der Waals surface area contributed by atoms with Gasteiger partial charge in [-0.25, -0.2) is 9.97 Å². The molecule has 0 aromatic carbocycles. The molecule has 1 aromatic heterocycles. The highest BCUT2D eigenvalue weighted by molar-refractivity contribution is 5.28. The van der Waals surface area contributed by atoms with Crippen LogP contribution in [0.4, 0.5) is 5.95 Å². The summed E-state index contributed by atoms with van der Waals surface area (Å²) in [5.41, 5.74) is 1.24. The van der Waals surface area contributed by atoms with E-state index in [1.807, 2.05) is 12.4 Å². The van der Waals surface area contributed by atoms with Gasteiger partial charge >= 0.3 is 0 Å². The number of ether oxygens (including phenoxy) is 1. The first-order chi connectivity index (χ1) is 8.42. The number of hydrogen-bond acceptors (Lipinski definition) is 5. The lowest BCUT2D eigenvalue weighted by atomic mass is 9.94. The second kappa shape index (κ2) is 4.98.